The fraction of sp³-hybridized carbons (Fsp3) is 0. The maximum atomic E-state index is 3.72. The van der Waals surface area contributed by atoms with Crippen molar-refractivity contribution in [3.8, 4) is 0 Å². The molecule has 3 aromatic rings. The molecular weight excluding hydrogens is 511 g/mol. The van der Waals surface area contributed by atoms with E-state index in [1.165, 1.54) is 0 Å². The minimum atomic E-state index is 0. The molecule has 0 aliphatic carbocycles. The number of hydrogen-bond donors (Lipinski definition) is 3. The standard InChI is InChI=1S/C7H7.C6H5.C2H5N3.U.V/c1-7-5-3-2-4-6-7;1-2-4-6-5-3-1;1-3-2-5-4-1;;/h2-6H,1H2;1-5H;1-5H;;/q2*-1;-2;2*+2. The summed E-state index contributed by atoms with van der Waals surface area (Å²) >= 11 is 0. The first-order valence-corrected chi connectivity index (χ1v) is 5.58. The molecule has 101 valence electrons. The van der Waals surface area contributed by atoms with Crippen molar-refractivity contribution in [2.45, 2.75) is 0 Å². The van der Waals surface area contributed by atoms with Crippen LogP contribution in [0.3, 0.4) is 0 Å². The molecule has 0 bridgehead atoms. The van der Waals surface area contributed by atoms with Crippen molar-refractivity contribution in [2.75, 3.05) is 0 Å². The molecule has 5 heteroatoms. The van der Waals surface area contributed by atoms with Gasteiger partial charge in [-0.05, 0) is 0 Å². The molecule has 0 amide bonds. The molecule has 2 aromatic carbocycles. The summed E-state index contributed by atoms with van der Waals surface area (Å²) in [4.78, 5) is 2.75. The van der Waals surface area contributed by atoms with E-state index in [1.54, 1.807) is 12.7 Å². The number of hydrogen-bond acceptors (Lipinski definition) is 0. The summed E-state index contributed by atoms with van der Waals surface area (Å²) in [6.07, 6.45) is 3.39. The van der Waals surface area contributed by atoms with E-state index in [9.17, 15) is 0 Å². The number of H-pyrrole nitrogens is 3. The quantitative estimate of drug-likeness (QED) is 0.374. The van der Waals surface area contributed by atoms with E-state index in [0.717, 1.165) is 5.56 Å². The second-order valence-electron chi connectivity index (χ2n) is 3.31. The average molecular weight is 528 g/mol. The molecule has 1 aromatic heterocycles. The molecule has 3 rings (SSSR count). The molecule has 0 saturated heterocycles. The zero-order valence-corrected chi connectivity index (χ0v) is 16.6. The van der Waals surface area contributed by atoms with E-state index in [4.69, 9.17) is 0 Å². The summed E-state index contributed by atoms with van der Waals surface area (Å²) in [6, 6.07) is 22.4. The van der Waals surface area contributed by atoms with Gasteiger partial charge < -0.3 is 15.2 Å². The molecule has 0 fully saturated rings. The van der Waals surface area contributed by atoms with Crippen LogP contribution >= 0.6 is 0 Å². The van der Waals surface area contributed by atoms with Crippen molar-refractivity contribution < 1.29 is 49.7 Å². The Balaban J connectivity index is 0. The normalized spacial score (nSPS) is 7.40. The van der Waals surface area contributed by atoms with Crippen LogP contribution in [0.4, 0.5) is 0 Å². The maximum absolute atomic E-state index is 3.72. The van der Waals surface area contributed by atoms with Gasteiger partial charge in [0.25, 0.3) is 0 Å². The SMILES string of the molecule is [CH2-]c1ccccc1.[U+2].[V+2].[c-]1ccccc1.[cH-]1[nH][cH-][nH][nH]1. The van der Waals surface area contributed by atoms with E-state index in [-0.39, 0.29) is 49.7 Å². The first-order chi connectivity index (χ1) is 8.89. The fourth-order valence-corrected chi connectivity index (χ4v) is 1.03. The molecular formula is C15H17N3UV. The predicted molar refractivity (Wildman–Crippen MR) is 74.5 cm³/mol. The van der Waals surface area contributed by atoms with Crippen LogP contribution < -0.4 is 0 Å². The van der Waals surface area contributed by atoms with Gasteiger partial charge in [0.05, 0.1) is 0 Å². The summed E-state index contributed by atoms with van der Waals surface area (Å²) in [6.45, 7) is 3.72. The first-order valence-electron chi connectivity index (χ1n) is 5.58. The first kappa shape index (κ1) is 21.4. The van der Waals surface area contributed by atoms with Gasteiger partial charge in [0.1, 0.15) is 0 Å². The molecule has 0 unspecified atom stereocenters. The molecule has 0 atom stereocenters. The summed E-state index contributed by atoms with van der Waals surface area (Å²) < 4.78 is 0. The molecule has 1 radical (unpaired) electrons. The largest absolute Gasteiger partial charge is 2.00 e. The zero-order valence-electron chi connectivity index (χ0n) is 11.1. The Morgan fingerprint density at radius 2 is 1.35 bits per heavy atom. The predicted octanol–water partition coefficient (Wildman–Crippen LogP) is 3.59. The second kappa shape index (κ2) is 16.1. The Hall–Kier alpha value is -0.914. The Morgan fingerprint density at radius 1 is 0.850 bits per heavy atom. The topological polar surface area (TPSA) is 47.4 Å². The molecule has 3 N–H and O–H groups in total. The van der Waals surface area contributed by atoms with Crippen LogP contribution in [0.5, 0.6) is 0 Å². The van der Waals surface area contributed by atoms with Gasteiger partial charge in [0.15, 0.2) is 0 Å². The number of aromatic nitrogens is 3. The van der Waals surface area contributed by atoms with Gasteiger partial charge in [-0.15, -0.1) is 12.1 Å². The second-order valence-corrected chi connectivity index (χ2v) is 3.31. The molecule has 0 aliphatic heterocycles. The number of benzene rings is 2. The number of aromatic amines is 3. The molecule has 0 aliphatic rings. The smallest absolute Gasteiger partial charge is 0.646 e. The third kappa shape index (κ3) is 13.5. The number of nitrogens with one attached hydrogen (secondary N) is 3. The van der Waals surface area contributed by atoms with Gasteiger partial charge in [-0.2, -0.15) is 61.0 Å². The van der Waals surface area contributed by atoms with Crippen LogP contribution in [0.2, 0.25) is 0 Å². The van der Waals surface area contributed by atoms with E-state index >= 15 is 0 Å². The monoisotopic (exact) mass is 528 g/mol. The van der Waals surface area contributed by atoms with E-state index in [1.807, 2.05) is 60.7 Å². The van der Waals surface area contributed by atoms with Crippen molar-refractivity contribution in [3.05, 3.63) is 91.9 Å². The maximum Gasteiger partial charge on any atom is 2.00 e. The van der Waals surface area contributed by atoms with Crippen molar-refractivity contribution in [2.24, 2.45) is 0 Å². The van der Waals surface area contributed by atoms with Crippen molar-refractivity contribution in [3.63, 3.8) is 0 Å². The van der Waals surface area contributed by atoms with Gasteiger partial charge >= 0.3 is 49.7 Å². The average Bonchev–Trinajstić information content (AvgIpc) is 3.01. The van der Waals surface area contributed by atoms with Gasteiger partial charge in [0.2, 0.25) is 0 Å². The van der Waals surface area contributed by atoms with Crippen LogP contribution in [0.15, 0.2) is 73.3 Å². The van der Waals surface area contributed by atoms with E-state index in [2.05, 4.69) is 28.2 Å². The Kier molecular flexibility index (Phi) is 17.3. The number of rotatable bonds is 0. The Labute approximate surface area is 155 Å². The summed E-state index contributed by atoms with van der Waals surface area (Å²) in [5, 5.41) is 5.36. The minimum absolute atomic E-state index is 0. The molecule has 0 saturated carbocycles. The van der Waals surface area contributed by atoms with Crippen LogP contribution in [-0.4, -0.2) is 15.2 Å². The van der Waals surface area contributed by atoms with E-state index in [0.29, 0.717) is 0 Å². The van der Waals surface area contributed by atoms with Gasteiger partial charge in [-0.3, -0.25) is 0 Å². The van der Waals surface area contributed by atoms with Gasteiger partial charge in [0, 0.05) is 0 Å². The zero-order chi connectivity index (χ0) is 12.9. The molecule has 20 heavy (non-hydrogen) atoms. The van der Waals surface area contributed by atoms with E-state index < -0.39 is 0 Å². The summed E-state index contributed by atoms with van der Waals surface area (Å²) in [5.41, 5.74) is 1.07. The van der Waals surface area contributed by atoms with Crippen molar-refractivity contribution in [1.29, 1.82) is 0 Å². The van der Waals surface area contributed by atoms with Crippen molar-refractivity contribution in [1.82, 2.24) is 15.2 Å². The van der Waals surface area contributed by atoms with Crippen LogP contribution in [0.25, 0.3) is 0 Å². The van der Waals surface area contributed by atoms with Crippen LogP contribution in [-0.2, 0) is 18.6 Å². The Morgan fingerprint density at radius 3 is 1.55 bits per heavy atom. The van der Waals surface area contributed by atoms with Crippen LogP contribution in [0.1, 0.15) is 5.56 Å². The van der Waals surface area contributed by atoms with Gasteiger partial charge in [-0.25, -0.2) is 12.7 Å². The molecule has 1 heterocycles. The molecule has 0 spiro atoms. The molecule has 3 nitrogen and oxygen atoms in total. The summed E-state index contributed by atoms with van der Waals surface area (Å²) in [7, 11) is 0. The fourth-order valence-electron chi connectivity index (χ4n) is 1.03. The third-order valence-electron chi connectivity index (χ3n) is 1.84. The van der Waals surface area contributed by atoms with Gasteiger partial charge in [-0.1, -0.05) is 6.07 Å². The third-order valence-corrected chi connectivity index (χ3v) is 1.84. The Bertz CT molecular complexity index is 431. The van der Waals surface area contributed by atoms with Crippen LogP contribution in [0, 0.1) is 44.1 Å². The minimum Gasteiger partial charge on any atom is -0.646 e. The van der Waals surface area contributed by atoms with Crippen molar-refractivity contribution >= 4 is 0 Å². The summed E-state index contributed by atoms with van der Waals surface area (Å²) in [5.74, 6) is 0.